The monoisotopic (exact) mass is 454 g/mol. The molecule has 0 radical (unpaired) electrons. The lowest BCUT2D eigenvalue weighted by molar-refractivity contribution is 0.0841. The van der Waals surface area contributed by atoms with Crippen molar-refractivity contribution in [3.63, 3.8) is 0 Å². The van der Waals surface area contributed by atoms with Crippen LogP contribution >= 0.6 is 0 Å². The lowest BCUT2D eigenvalue weighted by Crippen LogP contribution is -2.34. The van der Waals surface area contributed by atoms with Crippen LogP contribution in [0.5, 0.6) is 0 Å². The van der Waals surface area contributed by atoms with Gasteiger partial charge < -0.3 is 20.1 Å². The minimum Gasteiger partial charge on any atom is -0.393 e. The van der Waals surface area contributed by atoms with E-state index in [4.69, 9.17) is 4.74 Å². The first-order valence-corrected chi connectivity index (χ1v) is 12.6. The molecule has 3 aliphatic carbocycles. The van der Waals surface area contributed by atoms with Gasteiger partial charge in [0.15, 0.2) is 0 Å². The molecule has 0 spiro atoms. The largest absolute Gasteiger partial charge is 0.393 e. The summed E-state index contributed by atoms with van der Waals surface area (Å²) in [5.41, 5.74) is 3.66. The molecule has 1 unspecified atom stereocenters. The summed E-state index contributed by atoms with van der Waals surface area (Å²) in [5, 5.41) is 30.5. The van der Waals surface area contributed by atoms with Gasteiger partial charge in [0.2, 0.25) is 0 Å². The Morgan fingerprint density at radius 1 is 1.30 bits per heavy atom. The molecule has 0 amide bonds. The SMILES string of the molecule is C=C1/C(=C\C=C2/CCC[C@]3(C)C(C(C)OCC#CC(O)(CC)CC)=CC[C@@H]23)C[C@@H](O)C[C@@H]1O. The van der Waals surface area contributed by atoms with Crippen LogP contribution < -0.4 is 0 Å². The third-order valence-corrected chi connectivity index (χ3v) is 8.21. The van der Waals surface area contributed by atoms with Crippen LogP contribution in [0.4, 0.5) is 0 Å². The molecule has 5 atom stereocenters. The highest BCUT2D eigenvalue weighted by atomic mass is 16.5. The molecular formula is C29H42O4. The van der Waals surface area contributed by atoms with Crippen molar-refractivity contribution in [3.05, 3.63) is 47.1 Å². The number of fused-ring (bicyclic) bond motifs is 1. The van der Waals surface area contributed by atoms with Gasteiger partial charge in [-0.2, -0.15) is 0 Å². The summed E-state index contributed by atoms with van der Waals surface area (Å²) in [4.78, 5) is 0. The van der Waals surface area contributed by atoms with E-state index < -0.39 is 17.8 Å². The summed E-state index contributed by atoms with van der Waals surface area (Å²) in [6.45, 7) is 12.7. The van der Waals surface area contributed by atoms with Crippen molar-refractivity contribution in [2.75, 3.05) is 6.61 Å². The minimum atomic E-state index is -0.913. The third kappa shape index (κ3) is 5.72. The maximum absolute atomic E-state index is 10.3. The molecule has 33 heavy (non-hydrogen) atoms. The maximum atomic E-state index is 10.3. The highest BCUT2D eigenvalue weighted by Gasteiger charge is 2.46. The molecule has 3 N–H and O–H groups in total. The maximum Gasteiger partial charge on any atom is 0.125 e. The molecule has 3 rings (SSSR count). The van der Waals surface area contributed by atoms with Crippen LogP contribution in [-0.4, -0.2) is 45.8 Å². The fourth-order valence-corrected chi connectivity index (χ4v) is 5.83. The number of ether oxygens (including phenoxy) is 1. The van der Waals surface area contributed by atoms with E-state index in [0.29, 0.717) is 38.2 Å². The Hall–Kier alpha value is -1.64. The van der Waals surface area contributed by atoms with E-state index in [0.717, 1.165) is 36.8 Å². The van der Waals surface area contributed by atoms with Gasteiger partial charge in [-0.15, -0.1) is 0 Å². The Labute approximate surface area is 200 Å². The fourth-order valence-electron chi connectivity index (χ4n) is 5.83. The molecule has 2 fully saturated rings. The first kappa shape index (κ1) is 26.0. The van der Waals surface area contributed by atoms with E-state index in [1.165, 1.54) is 11.1 Å². The predicted octanol–water partition coefficient (Wildman–Crippen LogP) is 5.01. The molecule has 0 bridgehead atoms. The molecule has 4 heteroatoms. The average molecular weight is 455 g/mol. The molecule has 4 nitrogen and oxygen atoms in total. The van der Waals surface area contributed by atoms with Gasteiger partial charge in [-0.1, -0.05) is 63.0 Å². The Morgan fingerprint density at radius 3 is 2.73 bits per heavy atom. The Kier molecular flexibility index (Phi) is 8.45. The Morgan fingerprint density at radius 2 is 2.03 bits per heavy atom. The molecule has 0 aromatic heterocycles. The van der Waals surface area contributed by atoms with E-state index in [2.05, 4.69) is 50.5 Å². The number of hydrogen-bond acceptors (Lipinski definition) is 4. The second-order valence-electron chi connectivity index (χ2n) is 10.3. The Bertz CT molecular complexity index is 879. The number of rotatable bonds is 6. The second-order valence-corrected chi connectivity index (χ2v) is 10.3. The summed E-state index contributed by atoms with van der Waals surface area (Å²) in [6, 6.07) is 0. The molecule has 0 saturated heterocycles. The first-order chi connectivity index (χ1) is 15.6. The number of aliphatic hydroxyl groups excluding tert-OH is 2. The minimum absolute atomic E-state index is 0.00762. The zero-order chi connectivity index (χ0) is 24.2. The van der Waals surface area contributed by atoms with Crippen LogP contribution in [0.1, 0.15) is 79.1 Å². The van der Waals surface area contributed by atoms with Gasteiger partial charge in [0.1, 0.15) is 12.2 Å². The van der Waals surface area contributed by atoms with Crippen molar-refractivity contribution in [1.82, 2.24) is 0 Å². The summed E-state index contributed by atoms with van der Waals surface area (Å²) < 4.78 is 6.10. The van der Waals surface area contributed by atoms with E-state index in [9.17, 15) is 15.3 Å². The van der Waals surface area contributed by atoms with Crippen molar-refractivity contribution >= 4 is 0 Å². The molecular weight excluding hydrogens is 412 g/mol. The highest BCUT2D eigenvalue weighted by Crippen LogP contribution is 2.55. The van der Waals surface area contributed by atoms with E-state index >= 15 is 0 Å². The number of allylic oxidation sites excluding steroid dienone is 4. The average Bonchev–Trinajstić information content (AvgIpc) is 3.15. The normalized spacial score (nSPS) is 33.5. The summed E-state index contributed by atoms with van der Waals surface area (Å²) in [6.07, 6.45) is 12.0. The fraction of sp³-hybridized carbons (Fsp3) is 0.655. The molecule has 2 saturated carbocycles. The van der Waals surface area contributed by atoms with Crippen molar-refractivity contribution < 1.29 is 20.1 Å². The topological polar surface area (TPSA) is 69.9 Å². The molecule has 0 aliphatic heterocycles. The van der Waals surface area contributed by atoms with Gasteiger partial charge in [-0.05, 0) is 79.9 Å². The molecule has 182 valence electrons. The van der Waals surface area contributed by atoms with Crippen molar-refractivity contribution in [2.45, 2.75) is 103 Å². The van der Waals surface area contributed by atoms with Crippen LogP contribution in [-0.2, 0) is 4.74 Å². The van der Waals surface area contributed by atoms with E-state index in [1.54, 1.807) is 0 Å². The predicted molar refractivity (Wildman–Crippen MR) is 133 cm³/mol. The van der Waals surface area contributed by atoms with Crippen LogP contribution in [0, 0.1) is 23.2 Å². The van der Waals surface area contributed by atoms with E-state index in [-0.39, 0.29) is 11.5 Å². The van der Waals surface area contributed by atoms with Crippen molar-refractivity contribution in [2.24, 2.45) is 11.3 Å². The van der Waals surface area contributed by atoms with Gasteiger partial charge in [0.25, 0.3) is 0 Å². The van der Waals surface area contributed by atoms with E-state index in [1.807, 2.05) is 13.8 Å². The van der Waals surface area contributed by atoms with Crippen LogP contribution in [0.25, 0.3) is 0 Å². The molecule has 0 heterocycles. The number of hydrogen-bond donors (Lipinski definition) is 3. The quantitative estimate of drug-likeness (QED) is 0.390. The van der Waals surface area contributed by atoms with Gasteiger partial charge in [-0.3, -0.25) is 0 Å². The molecule has 0 aromatic rings. The van der Waals surface area contributed by atoms with Crippen molar-refractivity contribution in [3.8, 4) is 11.8 Å². The van der Waals surface area contributed by atoms with Gasteiger partial charge in [0.05, 0.1) is 18.3 Å². The lowest BCUT2D eigenvalue weighted by Gasteiger charge is -2.42. The molecule has 3 aliphatic rings. The van der Waals surface area contributed by atoms with Crippen LogP contribution in [0.3, 0.4) is 0 Å². The lowest BCUT2D eigenvalue weighted by atomic mass is 9.63. The zero-order valence-corrected chi connectivity index (χ0v) is 20.9. The number of aliphatic hydroxyl groups is 3. The summed E-state index contributed by atoms with van der Waals surface area (Å²) in [7, 11) is 0. The highest BCUT2D eigenvalue weighted by molar-refractivity contribution is 5.40. The zero-order valence-electron chi connectivity index (χ0n) is 20.9. The third-order valence-electron chi connectivity index (χ3n) is 8.21. The Balaban J connectivity index is 1.69. The van der Waals surface area contributed by atoms with Crippen LogP contribution in [0.15, 0.2) is 47.1 Å². The van der Waals surface area contributed by atoms with Crippen molar-refractivity contribution in [1.29, 1.82) is 0 Å². The summed E-state index contributed by atoms with van der Waals surface area (Å²) >= 11 is 0. The first-order valence-electron chi connectivity index (χ1n) is 12.6. The smallest absolute Gasteiger partial charge is 0.125 e. The molecule has 0 aromatic carbocycles. The van der Waals surface area contributed by atoms with Gasteiger partial charge in [-0.25, -0.2) is 0 Å². The standard InChI is InChI=1S/C29H42O4/c1-6-29(32,7-2)16-9-17-33-21(4)25-13-14-26-22(10-8-15-28(25,26)5)11-12-23-18-24(30)19-27(31)20(23)3/h11-13,21,24,26-27,30-32H,3,6-8,10,14-15,17-19H2,1-2,4-5H3/b22-11+,23-12-/t21?,24-,26+,27+,28-/m1/s1. The summed E-state index contributed by atoms with van der Waals surface area (Å²) in [5.74, 6) is 6.45. The van der Waals surface area contributed by atoms with Crippen LogP contribution in [0.2, 0.25) is 0 Å². The van der Waals surface area contributed by atoms with Gasteiger partial charge in [0, 0.05) is 6.42 Å². The van der Waals surface area contributed by atoms with Gasteiger partial charge >= 0.3 is 0 Å². The second kappa shape index (κ2) is 10.7.